The van der Waals surface area contributed by atoms with Gasteiger partial charge in [0.25, 0.3) is 0 Å². The Morgan fingerprint density at radius 3 is 2.40 bits per heavy atom. The van der Waals surface area contributed by atoms with E-state index in [4.69, 9.17) is 0 Å². The highest BCUT2D eigenvalue weighted by Crippen LogP contribution is 2.52. The van der Waals surface area contributed by atoms with Crippen molar-refractivity contribution in [3.8, 4) is 0 Å². The molecule has 1 nitrogen and oxygen atoms in total. The average molecular weight is 203 g/mol. The van der Waals surface area contributed by atoms with Crippen LogP contribution in [0, 0.1) is 11.2 Å². The first kappa shape index (κ1) is 9.97. The van der Waals surface area contributed by atoms with Crippen LogP contribution in [0.4, 0.5) is 10.1 Å². The van der Waals surface area contributed by atoms with Crippen molar-refractivity contribution in [2.24, 2.45) is 5.41 Å². The van der Waals surface area contributed by atoms with Crippen molar-refractivity contribution < 1.29 is 4.39 Å². The van der Waals surface area contributed by atoms with E-state index in [0.29, 0.717) is 0 Å². The number of allylic oxidation sites excluding steroid dienone is 1. The molecule has 0 atom stereocenters. The Morgan fingerprint density at radius 2 is 1.93 bits per heavy atom. The summed E-state index contributed by atoms with van der Waals surface area (Å²) >= 11 is 0. The summed E-state index contributed by atoms with van der Waals surface area (Å²) in [6.45, 7) is 7.81. The van der Waals surface area contributed by atoms with Gasteiger partial charge in [-0.1, -0.05) is 12.7 Å². The van der Waals surface area contributed by atoms with Gasteiger partial charge in [0.1, 0.15) is 5.82 Å². The van der Waals surface area contributed by atoms with Crippen LogP contribution in [0.15, 0.2) is 49.2 Å². The molecule has 0 radical (unpaired) electrons. The molecule has 0 aromatic heterocycles. The predicted molar refractivity (Wildman–Crippen MR) is 61.0 cm³/mol. The molecule has 0 heterocycles. The van der Waals surface area contributed by atoms with Gasteiger partial charge < -0.3 is 5.32 Å². The van der Waals surface area contributed by atoms with Gasteiger partial charge in [0.05, 0.1) is 0 Å². The number of halogens is 1. The van der Waals surface area contributed by atoms with E-state index < -0.39 is 0 Å². The molecule has 1 fully saturated rings. The zero-order chi connectivity index (χ0) is 10.9. The fourth-order valence-corrected chi connectivity index (χ4v) is 1.60. The van der Waals surface area contributed by atoms with Crippen LogP contribution in [0.1, 0.15) is 12.8 Å². The van der Waals surface area contributed by atoms with E-state index in [0.717, 1.165) is 24.2 Å². The van der Waals surface area contributed by atoms with Crippen molar-refractivity contribution in [3.63, 3.8) is 0 Å². The first-order valence-electron chi connectivity index (χ1n) is 5.02. The highest BCUT2D eigenvalue weighted by Gasteiger charge is 2.42. The van der Waals surface area contributed by atoms with E-state index in [1.165, 1.54) is 12.1 Å². The molecule has 1 aliphatic rings. The van der Waals surface area contributed by atoms with E-state index in [2.05, 4.69) is 18.5 Å². The second-order valence-electron chi connectivity index (χ2n) is 3.97. The van der Waals surface area contributed by atoms with E-state index in [1.54, 1.807) is 12.1 Å². The molecular formula is C13H14FN. The molecule has 0 spiro atoms. The number of nitrogens with one attached hydrogen (secondary N) is 1. The van der Waals surface area contributed by atoms with E-state index in [1.807, 2.05) is 6.08 Å². The highest BCUT2D eigenvalue weighted by atomic mass is 19.1. The van der Waals surface area contributed by atoms with Gasteiger partial charge in [-0.2, -0.15) is 0 Å². The van der Waals surface area contributed by atoms with E-state index in [9.17, 15) is 4.39 Å². The Labute approximate surface area is 89.3 Å². The zero-order valence-corrected chi connectivity index (χ0v) is 8.59. The second kappa shape index (κ2) is 3.54. The summed E-state index contributed by atoms with van der Waals surface area (Å²) in [5.74, 6) is -0.226. The van der Waals surface area contributed by atoms with Gasteiger partial charge in [-0.3, -0.25) is 0 Å². The molecule has 0 unspecified atom stereocenters. The van der Waals surface area contributed by atoms with Crippen molar-refractivity contribution >= 4 is 5.69 Å². The van der Waals surface area contributed by atoms with Gasteiger partial charge in [-0.15, -0.1) is 6.58 Å². The molecule has 1 N–H and O–H groups in total. The maximum Gasteiger partial charge on any atom is 0.123 e. The molecule has 0 aliphatic heterocycles. The Kier molecular flexibility index (Phi) is 2.35. The summed E-state index contributed by atoms with van der Waals surface area (Å²) in [6.07, 6.45) is 4.14. The van der Waals surface area contributed by atoms with Gasteiger partial charge in [-0.25, -0.2) is 4.39 Å². The monoisotopic (exact) mass is 203 g/mol. The predicted octanol–water partition coefficient (Wildman–Crippen LogP) is 3.72. The van der Waals surface area contributed by atoms with Crippen LogP contribution in [-0.4, -0.2) is 0 Å². The molecule has 0 bridgehead atoms. The third-order valence-electron chi connectivity index (χ3n) is 2.92. The molecule has 78 valence electrons. The lowest BCUT2D eigenvalue weighted by Gasteiger charge is -2.16. The molecule has 1 aromatic rings. The van der Waals surface area contributed by atoms with Crippen LogP contribution in [0.3, 0.4) is 0 Å². The molecule has 1 aromatic carbocycles. The SMILES string of the molecule is C=CC1(C(=C)Nc2ccc(F)cc2)CC1. The first-order chi connectivity index (χ1) is 7.16. The van der Waals surface area contributed by atoms with Gasteiger partial charge in [-0.05, 0) is 37.1 Å². The van der Waals surface area contributed by atoms with Gasteiger partial charge >= 0.3 is 0 Å². The van der Waals surface area contributed by atoms with Crippen molar-refractivity contribution in [1.82, 2.24) is 0 Å². The molecule has 2 heteroatoms. The molecule has 1 aliphatic carbocycles. The van der Waals surface area contributed by atoms with E-state index in [-0.39, 0.29) is 11.2 Å². The summed E-state index contributed by atoms with van der Waals surface area (Å²) < 4.78 is 12.7. The fourth-order valence-electron chi connectivity index (χ4n) is 1.60. The normalized spacial score (nSPS) is 16.9. The fraction of sp³-hybridized carbons (Fsp3) is 0.231. The molecule has 15 heavy (non-hydrogen) atoms. The standard InChI is InChI=1S/C13H14FN/c1-3-13(8-9-13)10(2)15-12-6-4-11(14)5-7-12/h3-7,15H,1-2,8-9H2. The highest BCUT2D eigenvalue weighted by molar-refractivity contribution is 5.50. The minimum Gasteiger partial charge on any atom is -0.359 e. The molecular weight excluding hydrogens is 189 g/mol. The number of rotatable bonds is 4. The van der Waals surface area contributed by atoms with Crippen molar-refractivity contribution in [1.29, 1.82) is 0 Å². The number of anilines is 1. The number of hydrogen-bond donors (Lipinski definition) is 1. The zero-order valence-electron chi connectivity index (χ0n) is 8.59. The van der Waals surface area contributed by atoms with Gasteiger partial charge in [0.2, 0.25) is 0 Å². The average Bonchev–Trinajstić information content (AvgIpc) is 3.02. The molecule has 0 amide bonds. The first-order valence-corrected chi connectivity index (χ1v) is 5.02. The Hall–Kier alpha value is -1.57. The van der Waals surface area contributed by atoms with Crippen LogP contribution in [0.25, 0.3) is 0 Å². The minimum atomic E-state index is -0.226. The number of benzene rings is 1. The van der Waals surface area contributed by atoms with Crippen molar-refractivity contribution in [2.45, 2.75) is 12.8 Å². The largest absolute Gasteiger partial charge is 0.359 e. The quantitative estimate of drug-likeness (QED) is 0.735. The summed E-state index contributed by atoms with van der Waals surface area (Å²) in [7, 11) is 0. The lowest BCUT2D eigenvalue weighted by molar-refractivity contribution is 0.628. The minimum absolute atomic E-state index is 0.0639. The van der Waals surface area contributed by atoms with Crippen LogP contribution < -0.4 is 5.32 Å². The van der Waals surface area contributed by atoms with Crippen molar-refractivity contribution in [2.75, 3.05) is 5.32 Å². The molecule has 0 saturated heterocycles. The Balaban J connectivity index is 2.06. The maximum atomic E-state index is 12.7. The third kappa shape index (κ3) is 1.94. The molecule has 1 saturated carbocycles. The smallest absolute Gasteiger partial charge is 0.123 e. The third-order valence-corrected chi connectivity index (χ3v) is 2.92. The second-order valence-corrected chi connectivity index (χ2v) is 3.97. The Bertz CT molecular complexity index is 388. The summed E-state index contributed by atoms with van der Waals surface area (Å²) in [4.78, 5) is 0. The van der Waals surface area contributed by atoms with Crippen LogP contribution in [-0.2, 0) is 0 Å². The van der Waals surface area contributed by atoms with Crippen LogP contribution in [0.5, 0.6) is 0 Å². The number of hydrogen-bond acceptors (Lipinski definition) is 1. The summed E-state index contributed by atoms with van der Waals surface area (Å²) in [5, 5.41) is 3.19. The van der Waals surface area contributed by atoms with Crippen LogP contribution in [0.2, 0.25) is 0 Å². The maximum absolute atomic E-state index is 12.7. The van der Waals surface area contributed by atoms with E-state index >= 15 is 0 Å². The molecule has 2 rings (SSSR count). The Morgan fingerprint density at radius 1 is 1.33 bits per heavy atom. The lowest BCUT2D eigenvalue weighted by atomic mass is 10.0. The van der Waals surface area contributed by atoms with Gasteiger partial charge in [0, 0.05) is 16.8 Å². The topological polar surface area (TPSA) is 12.0 Å². The van der Waals surface area contributed by atoms with Gasteiger partial charge in [0.15, 0.2) is 0 Å². The van der Waals surface area contributed by atoms with Crippen LogP contribution >= 0.6 is 0 Å². The lowest BCUT2D eigenvalue weighted by Crippen LogP contribution is -2.08. The summed E-state index contributed by atoms with van der Waals surface area (Å²) in [6, 6.07) is 6.28. The summed E-state index contributed by atoms with van der Waals surface area (Å²) in [5.41, 5.74) is 1.88. The van der Waals surface area contributed by atoms with Crippen molar-refractivity contribution in [3.05, 3.63) is 55.0 Å².